The summed E-state index contributed by atoms with van der Waals surface area (Å²) in [6.07, 6.45) is -3.51. The summed E-state index contributed by atoms with van der Waals surface area (Å²) in [4.78, 5) is 16.2. The fraction of sp³-hybridized carbons (Fsp3) is 0.474. The Hall–Kier alpha value is -2.35. The molecule has 0 fully saturated rings. The Bertz CT molecular complexity index is 847. The van der Waals surface area contributed by atoms with Gasteiger partial charge in [0.1, 0.15) is 5.75 Å². The van der Waals surface area contributed by atoms with E-state index in [4.69, 9.17) is 25.9 Å². The van der Waals surface area contributed by atoms with E-state index in [9.17, 15) is 18.3 Å². The summed E-state index contributed by atoms with van der Waals surface area (Å²) in [7, 11) is 1.46. The molecule has 6 nitrogen and oxygen atoms in total. The van der Waals surface area contributed by atoms with E-state index in [0.717, 1.165) is 6.92 Å². The van der Waals surface area contributed by atoms with Crippen LogP contribution in [0.2, 0.25) is 5.02 Å². The van der Waals surface area contributed by atoms with Gasteiger partial charge in [-0.05, 0) is 30.5 Å². The molecule has 0 amide bonds. The highest BCUT2D eigenvalue weighted by Crippen LogP contribution is 2.38. The molecule has 1 aromatic carbocycles. The molecule has 0 aliphatic heterocycles. The number of hydrogen-bond donors (Lipinski definition) is 1. The molecule has 160 valence electrons. The second kappa shape index (κ2) is 11.0. The quantitative estimate of drug-likeness (QED) is 0.714. The third-order valence-corrected chi connectivity index (χ3v) is 4.63. The van der Waals surface area contributed by atoms with Crippen LogP contribution in [0.5, 0.6) is 5.75 Å². The molecule has 0 bridgehead atoms. The minimum Gasteiger partial charge on any atom is -0.496 e. The fourth-order valence-corrected chi connectivity index (χ4v) is 3.13. The average molecular weight is 435 g/mol. The summed E-state index contributed by atoms with van der Waals surface area (Å²) < 4.78 is 45.4. The van der Waals surface area contributed by atoms with Crippen molar-refractivity contribution < 1.29 is 32.6 Å². The van der Waals surface area contributed by atoms with E-state index in [2.05, 4.69) is 5.10 Å². The third kappa shape index (κ3) is 6.32. The molecule has 0 saturated heterocycles. The van der Waals surface area contributed by atoms with Crippen molar-refractivity contribution in [2.24, 2.45) is 5.92 Å². The predicted molar refractivity (Wildman–Crippen MR) is 99.6 cm³/mol. The SMILES string of the molecule is CCc1nn(CCO)c(-c2ccc(CC(C)C(F)(F)F)cc2OC)c1Cl.O=C=O. The number of alkyl halides is 3. The van der Waals surface area contributed by atoms with Crippen molar-refractivity contribution in [3.05, 3.63) is 34.5 Å². The Balaban J connectivity index is 0.00000132. The van der Waals surface area contributed by atoms with Gasteiger partial charge in [0.25, 0.3) is 0 Å². The van der Waals surface area contributed by atoms with Crippen molar-refractivity contribution in [3.8, 4) is 17.0 Å². The molecule has 1 aromatic heterocycles. The molecule has 0 saturated carbocycles. The highest BCUT2D eigenvalue weighted by molar-refractivity contribution is 6.33. The maximum Gasteiger partial charge on any atom is 0.391 e. The Morgan fingerprint density at radius 2 is 1.97 bits per heavy atom. The number of hydrogen-bond acceptors (Lipinski definition) is 5. The van der Waals surface area contributed by atoms with Crippen molar-refractivity contribution in [2.75, 3.05) is 13.7 Å². The fourth-order valence-electron chi connectivity index (χ4n) is 2.76. The zero-order valence-electron chi connectivity index (χ0n) is 16.2. The normalized spacial score (nSPS) is 12.0. The van der Waals surface area contributed by atoms with E-state index < -0.39 is 12.1 Å². The predicted octanol–water partition coefficient (Wildman–Crippen LogP) is 3.92. The first-order valence-electron chi connectivity index (χ1n) is 8.73. The van der Waals surface area contributed by atoms with Gasteiger partial charge in [0, 0.05) is 5.56 Å². The van der Waals surface area contributed by atoms with E-state index in [1.807, 2.05) is 6.92 Å². The van der Waals surface area contributed by atoms with Crippen molar-refractivity contribution >= 4 is 17.8 Å². The van der Waals surface area contributed by atoms with Crippen LogP contribution in [-0.4, -0.2) is 40.9 Å². The molecule has 2 aromatic rings. The van der Waals surface area contributed by atoms with E-state index >= 15 is 0 Å². The van der Waals surface area contributed by atoms with Gasteiger partial charge in [-0.3, -0.25) is 4.68 Å². The van der Waals surface area contributed by atoms with E-state index in [-0.39, 0.29) is 25.7 Å². The van der Waals surface area contributed by atoms with E-state index in [0.29, 0.717) is 39.7 Å². The molecule has 29 heavy (non-hydrogen) atoms. The Morgan fingerprint density at radius 3 is 2.45 bits per heavy atom. The van der Waals surface area contributed by atoms with Gasteiger partial charge in [-0.1, -0.05) is 31.5 Å². The Kier molecular flexibility index (Phi) is 9.36. The molecule has 0 aliphatic rings. The topological polar surface area (TPSA) is 81.4 Å². The summed E-state index contributed by atoms with van der Waals surface area (Å²) in [6.45, 7) is 3.21. The lowest BCUT2D eigenvalue weighted by Crippen LogP contribution is -2.21. The highest BCUT2D eigenvalue weighted by atomic mass is 35.5. The molecule has 1 atom stereocenters. The number of benzene rings is 1. The van der Waals surface area contributed by atoms with Crippen LogP contribution in [0.15, 0.2) is 18.2 Å². The van der Waals surface area contributed by atoms with Crippen LogP contribution in [0.25, 0.3) is 11.3 Å². The van der Waals surface area contributed by atoms with Gasteiger partial charge in [-0.15, -0.1) is 0 Å². The van der Waals surface area contributed by atoms with Gasteiger partial charge in [0.15, 0.2) is 0 Å². The molecule has 1 N–H and O–H groups in total. The van der Waals surface area contributed by atoms with Crippen LogP contribution in [0.4, 0.5) is 13.2 Å². The van der Waals surface area contributed by atoms with Crippen molar-refractivity contribution in [1.29, 1.82) is 0 Å². The lowest BCUT2D eigenvalue weighted by atomic mass is 9.98. The zero-order valence-corrected chi connectivity index (χ0v) is 17.0. The van der Waals surface area contributed by atoms with Gasteiger partial charge in [-0.25, -0.2) is 0 Å². The molecule has 0 spiro atoms. The molecule has 1 unspecified atom stereocenters. The van der Waals surface area contributed by atoms with Gasteiger partial charge in [-0.2, -0.15) is 27.9 Å². The lowest BCUT2D eigenvalue weighted by Gasteiger charge is -2.17. The number of carbonyl (C=O) groups excluding carboxylic acids is 2. The van der Waals surface area contributed by atoms with Crippen molar-refractivity contribution in [2.45, 2.75) is 39.4 Å². The number of halogens is 4. The minimum atomic E-state index is -4.25. The first-order valence-corrected chi connectivity index (χ1v) is 9.11. The number of aryl methyl sites for hydroxylation is 1. The molecule has 0 radical (unpaired) electrons. The standard InChI is InChI=1S/C18H22ClF3N2O2.CO2/c1-4-14-16(19)17(24(23-14)7-8-25)13-6-5-12(10-15(13)26-3)9-11(2)18(20,21)22;2-1-3/h5-6,10-11,25H,4,7-9H2,1-3H3;. The highest BCUT2D eigenvalue weighted by Gasteiger charge is 2.35. The number of nitrogens with zero attached hydrogens (tertiary/aromatic N) is 2. The summed E-state index contributed by atoms with van der Waals surface area (Å²) >= 11 is 6.44. The van der Waals surface area contributed by atoms with Gasteiger partial charge >= 0.3 is 12.3 Å². The largest absolute Gasteiger partial charge is 0.496 e. The first kappa shape index (κ1) is 24.7. The molecule has 2 rings (SSSR count). The number of rotatable bonds is 7. The van der Waals surface area contributed by atoms with Gasteiger partial charge in [0.2, 0.25) is 0 Å². The van der Waals surface area contributed by atoms with Crippen LogP contribution >= 0.6 is 11.6 Å². The molecule has 10 heteroatoms. The summed E-state index contributed by atoms with van der Waals surface area (Å²) in [5.74, 6) is -1.03. The molecular formula is C19H22ClF3N2O4. The maximum atomic E-state index is 12.8. The maximum absolute atomic E-state index is 12.8. The van der Waals surface area contributed by atoms with Gasteiger partial charge < -0.3 is 9.84 Å². The first-order chi connectivity index (χ1) is 13.6. The van der Waals surface area contributed by atoms with Crippen molar-refractivity contribution in [1.82, 2.24) is 9.78 Å². The van der Waals surface area contributed by atoms with E-state index in [1.165, 1.54) is 7.11 Å². The van der Waals surface area contributed by atoms with Gasteiger partial charge in [0.05, 0.1) is 42.6 Å². The van der Waals surface area contributed by atoms with Crippen molar-refractivity contribution in [3.63, 3.8) is 0 Å². The summed E-state index contributed by atoms with van der Waals surface area (Å²) in [5, 5.41) is 14.1. The van der Waals surface area contributed by atoms with Crippen LogP contribution in [-0.2, 0) is 29.0 Å². The number of aliphatic hydroxyl groups excluding tert-OH is 1. The Labute approximate surface area is 171 Å². The number of aromatic nitrogens is 2. The number of ether oxygens (including phenoxy) is 1. The lowest BCUT2D eigenvalue weighted by molar-refractivity contribution is -0.191. The monoisotopic (exact) mass is 434 g/mol. The summed E-state index contributed by atoms with van der Waals surface area (Å²) in [5.41, 5.74) is 2.42. The van der Waals surface area contributed by atoms with Crippen LogP contribution in [0, 0.1) is 5.92 Å². The zero-order chi connectivity index (χ0) is 22.2. The summed E-state index contributed by atoms with van der Waals surface area (Å²) in [6, 6.07) is 4.92. The van der Waals surface area contributed by atoms with E-state index in [1.54, 1.807) is 22.9 Å². The number of methoxy groups -OCH3 is 1. The molecule has 1 heterocycles. The minimum absolute atomic E-state index is 0.113. The second-order valence-electron chi connectivity index (χ2n) is 6.17. The molecular weight excluding hydrogens is 413 g/mol. The van der Waals surface area contributed by atoms with Crippen LogP contribution in [0.1, 0.15) is 25.1 Å². The van der Waals surface area contributed by atoms with Crippen LogP contribution < -0.4 is 4.74 Å². The average Bonchev–Trinajstić information content (AvgIpc) is 2.97. The molecule has 0 aliphatic carbocycles. The number of aliphatic hydroxyl groups is 1. The Morgan fingerprint density at radius 1 is 1.34 bits per heavy atom. The second-order valence-corrected chi connectivity index (χ2v) is 6.55. The smallest absolute Gasteiger partial charge is 0.391 e. The van der Waals surface area contributed by atoms with Crippen LogP contribution in [0.3, 0.4) is 0 Å². The third-order valence-electron chi connectivity index (χ3n) is 4.23.